The Labute approximate surface area is 162 Å². The van der Waals surface area contributed by atoms with Gasteiger partial charge in [0.1, 0.15) is 6.61 Å². The third-order valence-electron chi connectivity index (χ3n) is 4.74. The Morgan fingerprint density at radius 1 is 0.893 bits per heavy atom. The molecular weight excluding hydrogens is 370 g/mol. The van der Waals surface area contributed by atoms with Gasteiger partial charge >= 0.3 is 24.0 Å². The zero-order chi connectivity index (χ0) is 20.7. The van der Waals surface area contributed by atoms with Crippen LogP contribution in [0.1, 0.15) is 12.0 Å². The van der Waals surface area contributed by atoms with E-state index in [9.17, 15) is 19.2 Å². The van der Waals surface area contributed by atoms with E-state index in [-0.39, 0.29) is 13.0 Å². The molecule has 28 heavy (non-hydrogen) atoms. The van der Waals surface area contributed by atoms with Crippen molar-refractivity contribution in [2.24, 2.45) is 17.8 Å². The van der Waals surface area contributed by atoms with Crippen molar-refractivity contribution in [2.45, 2.75) is 19.1 Å². The lowest BCUT2D eigenvalue weighted by molar-refractivity contribution is -0.156. The highest BCUT2D eigenvalue weighted by molar-refractivity contribution is 5.87. The van der Waals surface area contributed by atoms with Crippen molar-refractivity contribution in [2.75, 3.05) is 21.3 Å². The summed E-state index contributed by atoms with van der Waals surface area (Å²) in [4.78, 5) is 48.9. The van der Waals surface area contributed by atoms with Gasteiger partial charge in [0.2, 0.25) is 0 Å². The zero-order valence-corrected chi connectivity index (χ0v) is 15.9. The summed E-state index contributed by atoms with van der Waals surface area (Å²) in [5, 5.41) is 2.52. The number of rotatable bonds is 6. The Kier molecular flexibility index (Phi) is 7.36. The van der Waals surface area contributed by atoms with Gasteiger partial charge in [0.05, 0.1) is 45.1 Å². The number of methoxy groups -OCH3 is 3. The Hall–Kier alpha value is -3.10. The minimum absolute atomic E-state index is 0.00556. The van der Waals surface area contributed by atoms with Crippen LogP contribution in [0.3, 0.4) is 0 Å². The number of carbonyl (C=O) groups excluding carboxylic acids is 4. The monoisotopic (exact) mass is 393 g/mol. The van der Waals surface area contributed by atoms with Gasteiger partial charge in [0, 0.05) is 0 Å². The highest BCUT2D eigenvalue weighted by atomic mass is 16.6. The number of benzene rings is 1. The standard InChI is InChI=1S/C19H23NO8/c1-25-16(21)12-9-13(17(22)26-2)15(14(12)18(23)27-3)20-19(24)28-10-11-7-5-4-6-8-11/h4-8,12-15H,9-10H2,1-3H3,(H,20,24)/t12-,13-,14+,15+/m1/s1. The van der Waals surface area contributed by atoms with E-state index in [1.807, 2.05) is 6.07 Å². The van der Waals surface area contributed by atoms with Crippen molar-refractivity contribution < 1.29 is 38.1 Å². The summed E-state index contributed by atoms with van der Waals surface area (Å²) in [6.07, 6.45) is -0.856. The second kappa shape index (κ2) is 9.72. The Morgan fingerprint density at radius 2 is 1.46 bits per heavy atom. The van der Waals surface area contributed by atoms with Crippen LogP contribution in [0.2, 0.25) is 0 Å². The first kappa shape index (κ1) is 21.2. The van der Waals surface area contributed by atoms with Gasteiger partial charge in [-0.1, -0.05) is 30.3 Å². The lowest BCUT2D eigenvalue weighted by Crippen LogP contribution is -2.48. The topological polar surface area (TPSA) is 117 Å². The number of nitrogens with one attached hydrogen (secondary N) is 1. The van der Waals surface area contributed by atoms with Gasteiger partial charge in [-0.15, -0.1) is 0 Å². The van der Waals surface area contributed by atoms with Crippen molar-refractivity contribution >= 4 is 24.0 Å². The van der Waals surface area contributed by atoms with Gasteiger partial charge in [-0.3, -0.25) is 14.4 Å². The van der Waals surface area contributed by atoms with Gasteiger partial charge in [-0.25, -0.2) is 4.79 Å². The van der Waals surface area contributed by atoms with Gasteiger partial charge in [0.15, 0.2) is 0 Å². The smallest absolute Gasteiger partial charge is 0.407 e. The van der Waals surface area contributed by atoms with Crippen molar-refractivity contribution in [3.8, 4) is 0 Å². The molecule has 0 aromatic heterocycles. The molecule has 2 rings (SSSR count). The summed E-state index contributed by atoms with van der Waals surface area (Å²) in [7, 11) is 3.53. The molecule has 0 bridgehead atoms. The number of hydrogen-bond acceptors (Lipinski definition) is 8. The van der Waals surface area contributed by atoms with Crippen LogP contribution < -0.4 is 5.32 Å². The number of hydrogen-bond donors (Lipinski definition) is 1. The Morgan fingerprint density at radius 3 is 2.04 bits per heavy atom. The van der Waals surface area contributed by atoms with E-state index in [0.717, 1.165) is 12.7 Å². The first-order chi connectivity index (χ1) is 13.4. The molecule has 152 valence electrons. The van der Waals surface area contributed by atoms with E-state index < -0.39 is 47.8 Å². The predicted octanol–water partition coefficient (Wildman–Crippen LogP) is 1.05. The van der Waals surface area contributed by atoms with Crippen LogP contribution in [0.5, 0.6) is 0 Å². The molecule has 0 aliphatic heterocycles. The van der Waals surface area contributed by atoms with E-state index in [0.29, 0.717) is 0 Å². The molecule has 9 nitrogen and oxygen atoms in total. The number of carbonyl (C=O) groups is 4. The molecule has 0 radical (unpaired) electrons. The first-order valence-electron chi connectivity index (χ1n) is 8.63. The molecule has 0 spiro atoms. The van der Waals surface area contributed by atoms with E-state index in [1.54, 1.807) is 24.3 Å². The third kappa shape index (κ3) is 4.79. The number of amides is 1. The Bertz CT molecular complexity index is 720. The highest BCUT2D eigenvalue weighted by Gasteiger charge is 2.55. The lowest BCUT2D eigenvalue weighted by Gasteiger charge is -2.24. The van der Waals surface area contributed by atoms with Crippen LogP contribution in [0.25, 0.3) is 0 Å². The molecule has 1 aliphatic rings. The molecule has 1 aromatic rings. The summed E-state index contributed by atoms with van der Waals surface area (Å²) in [5.74, 6) is -5.07. The summed E-state index contributed by atoms with van der Waals surface area (Å²) in [6, 6.07) is 7.96. The van der Waals surface area contributed by atoms with Gasteiger partial charge in [0.25, 0.3) is 0 Å². The van der Waals surface area contributed by atoms with Crippen molar-refractivity contribution in [1.29, 1.82) is 0 Å². The lowest BCUT2D eigenvalue weighted by atomic mass is 9.93. The van der Waals surface area contributed by atoms with Crippen LogP contribution in [-0.2, 0) is 39.9 Å². The number of esters is 3. The van der Waals surface area contributed by atoms with Crippen LogP contribution in [0.4, 0.5) is 4.79 Å². The van der Waals surface area contributed by atoms with Gasteiger partial charge in [-0.2, -0.15) is 0 Å². The minimum atomic E-state index is -1.11. The van der Waals surface area contributed by atoms with Crippen molar-refractivity contribution in [3.05, 3.63) is 35.9 Å². The Balaban J connectivity index is 2.18. The van der Waals surface area contributed by atoms with Crippen LogP contribution >= 0.6 is 0 Å². The maximum Gasteiger partial charge on any atom is 0.407 e. The maximum absolute atomic E-state index is 12.3. The average Bonchev–Trinajstić information content (AvgIpc) is 3.10. The second-order valence-electron chi connectivity index (χ2n) is 6.28. The van der Waals surface area contributed by atoms with Gasteiger partial charge < -0.3 is 24.3 Å². The molecule has 1 amide bonds. The van der Waals surface area contributed by atoms with Crippen molar-refractivity contribution in [3.63, 3.8) is 0 Å². The predicted molar refractivity (Wildman–Crippen MR) is 94.7 cm³/mol. The molecule has 4 atom stereocenters. The minimum Gasteiger partial charge on any atom is -0.469 e. The molecule has 1 saturated carbocycles. The molecule has 1 fully saturated rings. The fourth-order valence-corrected chi connectivity index (χ4v) is 3.39. The normalized spacial score (nSPS) is 23.4. The molecule has 0 saturated heterocycles. The van der Waals surface area contributed by atoms with E-state index in [4.69, 9.17) is 18.9 Å². The van der Waals surface area contributed by atoms with Crippen LogP contribution in [-0.4, -0.2) is 51.4 Å². The average molecular weight is 393 g/mol. The number of alkyl carbamates (subject to hydrolysis) is 1. The first-order valence-corrected chi connectivity index (χ1v) is 8.63. The fraction of sp³-hybridized carbons (Fsp3) is 0.474. The molecule has 1 aliphatic carbocycles. The molecule has 1 aromatic carbocycles. The highest BCUT2D eigenvalue weighted by Crippen LogP contribution is 2.39. The second-order valence-corrected chi connectivity index (χ2v) is 6.28. The molecule has 0 heterocycles. The summed E-state index contributed by atoms with van der Waals surface area (Å²) in [6.45, 7) is 0.00556. The SMILES string of the molecule is COC(=O)[C@@H]1[C@@H](NC(=O)OCc2ccccc2)[C@H](C(=O)OC)C[C@H]1C(=O)OC. The maximum atomic E-state index is 12.3. The van der Waals surface area contributed by atoms with Gasteiger partial charge in [-0.05, 0) is 12.0 Å². The third-order valence-corrected chi connectivity index (χ3v) is 4.74. The molecular formula is C19H23NO8. The van der Waals surface area contributed by atoms with E-state index in [2.05, 4.69) is 5.32 Å². The molecule has 9 heteroatoms. The summed E-state index contributed by atoms with van der Waals surface area (Å²) < 4.78 is 19.4. The van der Waals surface area contributed by atoms with E-state index in [1.165, 1.54) is 14.2 Å². The van der Waals surface area contributed by atoms with Crippen LogP contribution in [0, 0.1) is 17.8 Å². The molecule has 1 N–H and O–H groups in total. The fourth-order valence-electron chi connectivity index (χ4n) is 3.39. The zero-order valence-electron chi connectivity index (χ0n) is 15.9. The summed E-state index contributed by atoms with van der Waals surface area (Å²) >= 11 is 0. The van der Waals surface area contributed by atoms with Crippen LogP contribution in [0.15, 0.2) is 30.3 Å². The number of ether oxygens (including phenoxy) is 4. The largest absolute Gasteiger partial charge is 0.469 e. The quantitative estimate of drug-likeness (QED) is 0.563. The van der Waals surface area contributed by atoms with Crippen molar-refractivity contribution in [1.82, 2.24) is 5.32 Å². The summed E-state index contributed by atoms with van der Waals surface area (Å²) in [5.41, 5.74) is 0.769. The van der Waals surface area contributed by atoms with E-state index >= 15 is 0 Å². The molecule has 0 unspecified atom stereocenters.